The van der Waals surface area contributed by atoms with Crippen molar-refractivity contribution < 1.29 is 4.79 Å². The summed E-state index contributed by atoms with van der Waals surface area (Å²) in [6.07, 6.45) is 3.58. The number of aromatic nitrogens is 1. The number of nitrogens with zero attached hydrogens (tertiary/aromatic N) is 2. The Morgan fingerprint density at radius 3 is 2.38 bits per heavy atom. The lowest BCUT2D eigenvalue weighted by atomic mass is 10.3. The van der Waals surface area contributed by atoms with E-state index in [9.17, 15) is 4.79 Å². The zero-order chi connectivity index (χ0) is 9.84. The second-order valence-corrected chi connectivity index (χ2v) is 3.21. The molecule has 1 rings (SSSR count). The highest BCUT2D eigenvalue weighted by Gasteiger charge is 2.14. The predicted molar refractivity (Wildman–Crippen MR) is 51.9 cm³/mol. The minimum absolute atomic E-state index is 0.0128. The third-order valence-electron chi connectivity index (χ3n) is 2.00. The van der Waals surface area contributed by atoms with Crippen LogP contribution in [0.4, 0.5) is 0 Å². The van der Waals surface area contributed by atoms with Gasteiger partial charge in [-0.15, -0.1) is 0 Å². The molecule has 0 saturated heterocycles. The maximum Gasteiger partial charge on any atom is 0.255 e. The van der Waals surface area contributed by atoms with Gasteiger partial charge in [-0.2, -0.15) is 0 Å². The minimum Gasteiger partial charge on any atom is -0.298 e. The van der Waals surface area contributed by atoms with Crippen molar-refractivity contribution in [3.05, 3.63) is 24.5 Å². The van der Waals surface area contributed by atoms with Crippen LogP contribution in [0.3, 0.4) is 0 Å². The fourth-order valence-corrected chi connectivity index (χ4v) is 0.864. The van der Waals surface area contributed by atoms with Gasteiger partial charge < -0.3 is 0 Å². The highest BCUT2D eigenvalue weighted by molar-refractivity contribution is 5.88. The summed E-state index contributed by atoms with van der Waals surface area (Å²) in [5.41, 5.74) is 2.74. The Balaban J connectivity index is 2.51. The smallest absolute Gasteiger partial charge is 0.255 e. The normalized spacial score (nSPS) is 12.9. The Morgan fingerprint density at radius 2 is 1.92 bits per heavy atom. The van der Waals surface area contributed by atoms with Crippen molar-refractivity contribution in [2.75, 3.05) is 19.5 Å². The van der Waals surface area contributed by atoms with Crippen LogP contribution in [-0.4, -0.2) is 35.6 Å². The van der Waals surface area contributed by atoms with Crippen molar-refractivity contribution >= 4 is 5.91 Å². The van der Waals surface area contributed by atoms with Crippen LogP contribution < -0.4 is 5.43 Å². The highest BCUT2D eigenvalue weighted by Crippen LogP contribution is 1.93. The van der Waals surface area contributed by atoms with Gasteiger partial charge in [-0.3, -0.25) is 19.8 Å². The van der Waals surface area contributed by atoms with Crippen molar-refractivity contribution in [1.82, 2.24) is 9.58 Å². The molecule has 4 heteroatoms. The first-order valence-electron chi connectivity index (χ1n) is 4.21. The fourth-order valence-electron chi connectivity index (χ4n) is 0.864. The van der Waals surface area contributed by atoms with Crippen LogP contribution >= 0.6 is 0 Å². The molecule has 4 nitrogen and oxygen atoms in total. The van der Waals surface area contributed by atoms with Gasteiger partial charge in [0.05, 0.1) is 6.04 Å². The van der Waals surface area contributed by atoms with Crippen molar-refractivity contribution in [2.45, 2.75) is 13.0 Å². The van der Waals surface area contributed by atoms with Crippen LogP contribution in [0.25, 0.3) is 0 Å². The largest absolute Gasteiger partial charge is 0.298 e. The Bertz CT molecular complexity index is 266. The van der Waals surface area contributed by atoms with Gasteiger partial charge in [0.25, 0.3) is 5.91 Å². The van der Waals surface area contributed by atoms with Gasteiger partial charge in [0.15, 0.2) is 0 Å². The molecular formula is C9H15N3O. The van der Waals surface area contributed by atoms with Crippen LogP contribution in [-0.2, 0) is 4.79 Å². The van der Waals surface area contributed by atoms with Crippen LogP contribution in [0.2, 0.25) is 0 Å². The van der Waals surface area contributed by atoms with E-state index in [1.165, 1.54) is 0 Å². The van der Waals surface area contributed by atoms with Crippen molar-refractivity contribution in [3.63, 3.8) is 0 Å². The van der Waals surface area contributed by atoms with Crippen LogP contribution in [0.1, 0.15) is 6.92 Å². The van der Waals surface area contributed by atoms with Gasteiger partial charge in [-0.05, 0) is 33.2 Å². The summed E-state index contributed by atoms with van der Waals surface area (Å²) >= 11 is 0. The number of hydrogen-bond acceptors (Lipinski definition) is 2. The molecule has 0 saturated carbocycles. The molecule has 0 bridgehead atoms. The Kier molecular flexibility index (Phi) is 3.08. The first-order valence-corrected chi connectivity index (χ1v) is 4.21. The molecule has 0 aliphatic rings. The zero-order valence-corrected chi connectivity index (χ0v) is 8.19. The average molecular weight is 181 g/mol. The van der Waals surface area contributed by atoms with Crippen LogP contribution in [0.5, 0.6) is 0 Å². The average Bonchev–Trinajstić information content (AvgIpc) is 2.55. The molecule has 0 fully saturated rings. The number of hydrogen-bond donors (Lipinski definition) is 1. The van der Waals surface area contributed by atoms with Crippen molar-refractivity contribution in [2.24, 2.45) is 0 Å². The van der Waals surface area contributed by atoms with E-state index in [1.54, 1.807) is 17.1 Å². The van der Waals surface area contributed by atoms with Crippen LogP contribution in [0.15, 0.2) is 24.5 Å². The number of amides is 1. The maximum atomic E-state index is 11.5. The monoisotopic (exact) mass is 181 g/mol. The molecule has 1 aromatic heterocycles. The first-order chi connectivity index (χ1) is 6.11. The fraction of sp³-hybridized carbons (Fsp3) is 0.444. The molecule has 72 valence electrons. The second kappa shape index (κ2) is 4.09. The predicted octanol–water partition coefficient (Wildman–Crippen LogP) is 0.508. The molecule has 13 heavy (non-hydrogen) atoms. The molecule has 1 heterocycles. The maximum absolute atomic E-state index is 11.5. The molecule has 0 spiro atoms. The molecule has 1 amide bonds. The third-order valence-corrected chi connectivity index (χ3v) is 2.00. The summed E-state index contributed by atoms with van der Waals surface area (Å²) in [6, 6.07) is 3.60. The van der Waals surface area contributed by atoms with E-state index in [1.807, 2.05) is 38.1 Å². The number of nitrogens with one attached hydrogen (secondary N) is 1. The molecule has 0 aliphatic heterocycles. The van der Waals surface area contributed by atoms with Gasteiger partial charge in [-0.1, -0.05) is 0 Å². The summed E-state index contributed by atoms with van der Waals surface area (Å²) < 4.78 is 1.64. The summed E-state index contributed by atoms with van der Waals surface area (Å²) in [6.45, 7) is 1.86. The molecule has 0 aliphatic carbocycles. The number of likely N-dealkylation sites (N-methyl/N-ethyl adjacent to an activating group) is 1. The summed E-state index contributed by atoms with van der Waals surface area (Å²) in [7, 11) is 3.75. The van der Waals surface area contributed by atoms with Crippen molar-refractivity contribution in [3.8, 4) is 0 Å². The van der Waals surface area contributed by atoms with Gasteiger partial charge in [0.2, 0.25) is 0 Å². The van der Waals surface area contributed by atoms with E-state index >= 15 is 0 Å². The Labute approximate surface area is 78.1 Å². The minimum atomic E-state index is -0.123. The van der Waals surface area contributed by atoms with E-state index < -0.39 is 0 Å². The van der Waals surface area contributed by atoms with E-state index in [-0.39, 0.29) is 11.9 Å². The van der Waals surface area contributed by atoms with Gasteiger partial charge in [0, 0.05) is 12.4 Å². The Morgan fingerprint density at radius 1 is 1.38 bits per heavy atom. The molecule has 0 radical (unpaired) electrons. The second-order valence-electron chi connectivity index (χ2n) is 3.21. The summed E-state index contributed by atoms with van der Waals surface area (Å²) in [4.78, 5) is 13.3. The molecule has 1 atom stereocenters. The summed E-state index contributed by atoms with van der Waals surface area (Å²) in [5, 5.41) is 0. The van der Waals surface area contributed by atoms with Gasteiger partial charge in [0.1, 0.15) is 0 Å². The van der Waals surface area contributed by atoms with E-state index in [2.05, 4.69) is 5.43 Å². The summed E-state index contributed by atoms with van der Waals surface area (Å²) in [5.74, 6) is -0.0128. The van der Waals surface area contributed by atoms with E-state index in [0.29, 0.717) is 0 Å². The lowest BCUT2D eigenvalue weighted by molar-refractivity contribution is -0.120. The number of rotatable bonds is 3. The Hall–Kier alpha value is -1.29. The van der Waals surface area contributed by atoms with Crippen LogP contribution in [0, 0.1) is 0 Å². The quantitative estimate of drug-likeness (QED) is 0.737. The molecule has 0 unspecified atom stereocenters. The topological polar surface area (TPSA) is 37.3 Å². The van der Waals surface area contributed by atoms with Gasteiger partial charge >= 0.3 is 0 Å². The van der Waals surface area contributed by atoms with E-state index in [4.69, 9.17) is 0 Å². The standard InChI is InChI=1S/C9H15N3O/c1-8(11(2)3)9(13)10-12-6-4-5-7-12/h4-8H,1-3H3,(H,10,13)/t8-/m0/s1. The lowest BCUT2D eigenvalue weighted by Crippen LogP contribution is -2.39. The number of carbonyl (C=O) groups is 1. The molecule has 1 N–H and O–H groups in total. The molecular weight excluding hydrogens is 166 g/mol. The third kappa shape index (κ3) is 2.59. The number of carbonyl (C=O) groups excluding carboxylic acids is 1. The first kappa shape index (κ1) is 9.80. The van der Waals surface area contributed by atoms with Gasteiger partial charge in [-0.25, -0.2) is 0 Å². The molecule has 1 aromatic rings. The zero-order valence-electron chi connectivity index (χ0n) is 8.19. The van der Waals surface area contributed by atoms with E-state index in [0.717, 1.165) is 0 Å². The lowest BCUT2D eigenvalue weighted by Gasteiger charge is -2.19. The van der Waals surface area contributed by atoms with Crippen molar-refractivity contribution in [1.29, 1.82) is 0 Å². The SMILES string of the molecule is C[C@@H](C(=O)Nn1cccc1)N(C)C. The highest BCUT2D eigenvalue weighted by atomic mass is 16.2. The molecule has 0 aromatic carbocycles.